The molecule has 0 amide bonds. The van der Waals surface area contributed by atoms with Crippen LogP contribution in [0, 0.1) is 23.3 Å². The molecule has 0 N–H and O–H groups in total. The standard InChI is InChI=1S/C13H8F4O2S/c14-10-6-8(11(15)13(17)12(10)16)7-20(18,19)9-4-2-1-3-5-9/h1-6H,7H2. The van der Waals surface area contributed by atoms with Gasteiger partial charge in [-0.05, 0) is 18.2 Å². The van der Waals surface area contributed by atoms with Gasteiger partial charge in [0.15, 0.2) is 33.1 Å². The van der Waals surface area contributed by atoms with Gasteiger partial charge in [0.1, 0.15) is 0 Å². The molecule has 2 aromatic carbocycles. The molecule has 0 radical (unpaired) electrons. The van der Waals surface area contributed by atoms with Crippen molar-refractivity contribution in [1.29, 1.82) is 0 Å². The first-order valence-electron chi connectivity index (χ1n) is 5.42. The number of halogens is 4. The Morgan fingerprint density at radius 1 is 0.850 bits per heavy atom. The number of rotatable bonds is 3. The van der Waals surface area contributed by atoms with Gasteiger partial charge < -0.3 is 0 Å². The molecule has 0 aromatic heterocycles. The monoisotopic (exact) mass is 304 g/mol. The third-order valence-corrected chi connectivity index (χ3v) is 4.31. The Bertz CT molecular complexity index is 743. The van der Waals surface area contributed by atoms with Gasteiger partial charge in [0.05, 0.1) is 10.6 Å². The lowest BCUT2D eigenvalue weighted by molar-refractivity contribution is 0.405. The van der Waals surface area contributed by atoms with Crippen LogP contribution >= 0.6 is 0 Å². The predicted molar refractivity (Wildman–Crippen MR) is 63.6 cm³/mol. The molecular weight excluding hydrogens is 296 g/mol. The molecule has 0 saturated carbocycles. The van der Waals surface area contributed by atoms with E-state index in [4.69, 9.17) is 0 Å². The molecule has 0 spiro atoms. The summed E-state index contributed by atoms with van der Waals surface area (Å²) in [5.74, 6) is -8.30. The van der Waals surface area contributed by atoms with Crippen molar-refractivity contribution in [3.8, 4) is 0 Å². The summed E-state index contributed by atoms with van der Waals surface area (Å²) in [6.07, 6.45) is 0. The van der Waals surface area contributed by atoms with Gasteiger partial charge in [-0.2, -0.15) is 0 Å². The van der Waals surface area contributed by atoms with Gasteiger partial charge in [-0.1, -0.05) is 18.2 Å². The summed E-state index contributed by atoms with van der Waals surface area (Å²) in [5, 5.41) is 0. The normalized spacial score (nSPS) is 11.6. The highest BCUT2D eigenvalue weighted by Gasteiger charge is 2.23. The van der Waals surface area contributed by atoms with E-state index in [1.807, 2.05) is 0 Å². The van der Waals surface area contributed by atoms with E-state index in [1.165, 1.54) is 24.3 Å². The first-order valence-corrected chi connectivity index (χ1v) is 7.08. The molecule has 0 unspecified atom stereocenters. The summed E-state index contributed by atoms with van der Waals surface area (Å²) in [5.41, 5.74) is -0.759. The van der Waals surface area contributed by atoms with Crippen molar-refractivity contribution in [3.63, 3.8) is 0 Å². The summed E-state index contributed by atoms with van der Waals surface area (Å²) in [6.45, 7) is 0. The van der Waals surface area contributed by atoms with Crippen molar-refractivity contribution in [2.45, 2.75) is 10.6 Å². The Balaban J connectivity index is 2.46. The molecular formula is C13H8F4O2S. The van der Waals surface area contributed by atoms with Crippen molar-refractivity contribution < 1.29 is 26.0 Å². The van der Waals surface area contributed by atoms with E-state index in [2.05, 4.69) is 0 Å². The van der Waals surface area contributed by atoms with Gasteiger partial charge in [0, 0.05) is 5.56 Å². The lowest BCUT2D eigenvalue weighted by Gasteiger charge is -2.07. The summed E-state index contributed by atoms with van der Waals surface area (Å²) >= 11 is 0. The number of hydrogen-bond acceptors (Lipinski definition) is 2. The molecule has 106 valence electrons. The molecule has 2 rings (SSSR count). The van der Waals surface area contributed by atoms with Gasteiger partial charge in [-0.3, -0.25) is 0 Å². The van der Waals surface area contributed by atoms with E-state index in [0.717, 1.165) is 0 Å². The third kappa shape index (κ3) is 2.67. The summed E-state index contributed by atoms with van der Waals surface area (Å²) < 4.78 is 76.2. The van der Waals surface area contributed by atoms with Crippen LogP contribution in [0.3, 0.4) is 0 Å². The van der Waals surface area contributed by atoms with Crippen molar-refractivity contribution >= 4 is 9.84 Å². The Morgan fingerprint density at radius 3 is 2.05 bits per heavy atom. The van der Waals surface area contributed by atoms with E-state index in [1.54, 1.807) is 6.07 Å². The van der Waals surface area contributed by atoms with Gasteiger partial charge >= 0.3 is 0 Å². The van der Waals surface area contributed by atoms with Crippen molar-refractivity contribution in [2.75, 3.05) is 0 Å². The maximum atomic E-state index is 13.4. The Morgan fingerprint density at radius 2 is 1.45 bits per heavy atom. The van der Waals surface area contributed by atoms with Crippen LogP contribution in [0.5, 0.6) is 0 Å². The highest BCUT2D eigenvalue weighted by atomic mass is 32.2. The SMILES string of the molecule is O=S(=O)(Cc1cc(F)c(F)c(F)c1F)c1ccccc1. The molecule has 2 aromatic rings. The maximum Gasteiger partial charge on any atom is 0.197 e. The Hall–Kier alpha value is -1.89. The lowest BCUT2D eigenvalue weighted by Crippen LogP contribution is -2.09. The van der Waals surface area contributed by atoms with Crippen LogP contribution < -0.4 is 0 Å². The summed E-state index contributed by atoms with van der Waals surface area (Å²) in [4.78, 5) is -0.121. The zero-order valence-corrected chi connectivity index (χ0v) is 10.7. The van der Waals surface area contributed by atoms with Crippen LogP contribution in [0.15, 0.2) is 41.3 Å². The second kappa shape index (κ2) is 5.24. The maximum absolute atomic E-state index is 13.4. The summed E-state index contributed by atoms with van der Waals surface area (Å²) in [6, 6.07) is 7.36. The van der Waals surface area contributed by atoms with Crippen LogP contribution in [0.4, 0.5) is 17.6 Å². The van der Waals surface area contributed by atoms with Gasteiger partial charge in [-0.15, -0.1) is 0 Å². The van der Waals surface area contributed by atoms with Crippen LogP contribution in [-0.2, 0) is 15.6 Å². The van der Waals surface area contributed by atoms with E-state index in [9.17, 15) is 26.0 Å². The van der Waals surface area contributed by atoms with Crippen molar-refractivity contribution in [2.24, 2.45) is 0 Å². The molecule has 2 nitrogen and oxygen atoms in total. The van der Waals surface area contributed by atoms with E-state index < -0.39 is 44.4 Å². The van der Waals surface area contributed by atoms with Crippen LogP contribution in [0.2, 0.25) is 0 Å². The fourth-order valence-corrected chi connectivity index (χ4v) is 3.00. The van der Waals surface area contributed by atoms with Crippen LogP contribution in [0.25, 0.3) is 0 Å². The fourth-order valence-electron chi connectivity index (χ4n) is 1.64. The highest BCUT2D eigenvalue weighted by Crippen LogP contribution is 2.23. The van der Waals surface area contributed by atoms with Crippen LogP contribution in [-0.4, -0.2) is 8.42 Å². The molecule has 0 aliphatic heterocycles. The van der Waals surface area contributed by atoms with Gasteiger partial charge in [-0.25, -0.2) is 26.0 Å². The molecule has 20 heavy (non-hydrogen) atoms. The predicted octanol–water partition coefficient (Wildman–Crippen LogP) is 3.22. The zero-order valence-electron chi connectivity index (χ0n) is 9.91. The number of benzene rings is 2. The smallest absolute Gasteiger partial charge is 0.197 e. The van der Waals surface area contributed by atoms with Crippen molar-refractivity contribution in [1.82, 2.24) is 0 Å². The van der Waals surface area contributed by atoms with E-state index in [-0.39, 0.29) is 4.90 Å². The first kappa shape index (κ1) is 14.5. The topological polar surface area (TPSA) is 34.1 Å². The average molecular weight is 304 g/mol. The van der Waals surface area contributed by atoms with Gasteiger partial charge in [0.2, 0.25) is 0 Å². The highest BCUT2D eigenvalue weighted by molar-refractivity contribution is 7.90. The second-order valence-corrected chi connectivity index (χ2v) is 6.02. The van der Waals surface area contributed by atoms with Gasteiger partial charge in [0.25, 0.3) is 0 Å². The molecule has 0 fully saturated rings. The molecule has 0 bridgehead atoms. The number of hydrogen-bond donors (Lipinski definition) is 0. The molecule has 0 atom stereocenters. The van der Waals surface area contributed by atoms with E-state index >= 15 is 0 Å². The first-order chi connectivity index (χ1) is 9.33. The Labute approximate surface area is 112 Å². The quantitative estimate of drug-likeness (QED) is 0.496. The lowest BCUT2D eigenvalue weighted by atomic mass is 10.2. The fraction of sp³-hybridized carbons (Fsp3) is 0.0769. The van der Waals surface area contributed by atoms with Crippen molar-refractivity contribution in [3.05, 3.63) is 65.2 Å². The Kier molecular flexibility index (Phi) is 3.80. The zero-order chi connectivity index (χ0) is 14.9. The average Bonchev–Trinajstić information content (AvgIpc) is 2.43. The number of sulfone groups is 1. The van der Waals surface area contributed by atoms with E-state index in [0.29, 0.717) is 6.07 Å². The van der Waals surface area contributed by atoms with Crippen LogP contribution in [0.1, 0.15) is 5.56 Å². The minimum absolute atomic E-state index is 0.121. The minimum Gasteiger partial charge on any atom is -0.223 e. The molecule has 7 heteroatoms. The third-order valence-electron chi connectivity index (χ3n) is 2.63. The molecule has 0 aliphatic rings. The molecule has 0 heterocycles. The second-order valence-electron chi connectivity index (χ2n) is 4.03. The largest absolute Gasteiger partial charge is 0.223 e. The molecule has 0 saturated heterocycles. The summed E-state index contributed by atoms with van der Waals surface area (Å²) in [7, 11) is -3.98. The molecule has 0 aliphatic carbocycles. The minimum atomic E-state index is -3.98.